The van der Waals surface area contributed by atoms with E-state index in [1.165, 1.54) is 0 Å². The monoisotopic (exact) mass is 292 g/mol. The number of nitrogens with zero attached hydrogens (tertiary/aromatic N) is 2. The molecule has 0 N–H and O–H groups in total. The van der Waals surface area contributed by atoms with Crippen LogP contribution in [0.4, 0.5) is 0 Å². The van der Waals surface area contributed by atoms with Gasteiger partial charge in [0, 0.05) is 0 Å². The molecule has 0 aliphatic heterocycles. The van der Waals surface area contributed by atoms with E-state index in [0.717, 1.165) is 0 Å². The second kappa shape index (κ2) is 3.45. The molecule has 84 valence electrons. The van der Waals surface area contributed by atoms with Gasteiger partial charge < -0.3 is 0 Å². The Morgan fingerprint density at radius 2 is 1.29 bits per heavy atom. The van der Waals surface area contributed by atoms with Gasteiger partial charge in [0.15, 0.2) is 0 Å². The van der Waals surface area contributed by atoms with Crippen LogP contribution in [0, 0.1) is 13.8 Å². The van der Waals surface area contributed by atoms with E-state index >= 15 is 0 Å². The summed E-state index contributed by atoms with van der Waals surface area (Å²) < 4.78 is 0. The molecule has 5 heteroatoms. The molecule has 2 aromatic rings. The first-order valence-electron chi connectivity index (χ1n) is 5.10. The fourth-order valence-electron chi connectivity index (χ4n) is 2.09. The molecule has 0 radical (unpaired) electrons. The molecule has 0 saturated carbocycles. The first-order chi connectivity index (χ1) is 8.11. The van der Waals surface area contributed by atoms with Crippen LogP contribution in [0.3, 0.4) is 0 Å². The van der Waals surface area contributed by atoms with E-state index in [0.29, 0.717) is 33.6 Å². The standard InChI is InChI=1S/C12H8N2O2Se/c1-5-9-10(6(2)14-13-5)12(16)8-4-17-3-7(8)11(9)15/h3-4H,1-2H3. The maximum atomic E-state index is 12.3. The zero-order chi connectivity index (χ0) is 12.2. The van der Waals surface area contributed by atoms with Gasteiger partial charge in [0.1, 0.15) is 0 Å². The zero-order valence-corrected chi connectivity index (χ0v) is 11.0. The van der Waals surface area contributed by atoms with Gasteiger partial charge in [0.2, 0.25) is 0 Å². The first kappa shape index (κ1) is 10.6. The van der Waals surface area contributed by atoms with Gasteiger partial charge in [-0.3, -0.25) is 0 Å². The summed E-state index contributed by atoms with van der Waals surface area (Å²) in [6.45, 7) is 3.43. The van der Waals surface area contributed by atoms with Crippen molar-refractivity contribution in [2.45, 2.75) is 13.8 Å². The predicted molar refractivity (Wildman–Crippen MR) is 61.8 cm³/mol. The van der Waals surface area contributed by atoms with Crippen molar-refractivity contribution >= 4 is 26.1 Å². The Labute approximate surface area is 103 Å². The molecule has 2 aromatic heterocycles. The van der Waals surface area contributed by atoms with Crippen LogP contribution >= 0.6 is 0 Å². The van der Waals surface area contributed by atoms with Crippen molar-refractivity contribution in [2.75, 3.05) is 0 Å². The molecule has 0 spiro atoms. The van der Waals surface area contributed by atoms with Crippen LogP contribution in [0.2, 0.25) is 0 Å². The van der Waals surface area contributed by atoms with Gasteiger partial charge in [-0.25, -0.2) is 0 Å². The minimum absolute atomic E-state index is 0.0827. The summed E-state index contributed by atoms with van der Waals surface area (Å²) in [6.07, 6.45) is 0. The number of aryl methyl sites for hydroxylation is 2. The van der Waals surface area contributed by atoms with Gasteiger partial charge in [-0.05, 0) is 0 Å². The topological polar surface area (TPSA) is 59.9 Å². The fraction of sp³-hybridized carbons (Fsp3) is 0.167. The molecule has 0 aromatic carbocycles. The summed E-state index contributed by atoms with van der Waals surface area (Å²) in [7, 11) is 0. The number of rotatable bonds is 0. The maximum absolute atomic E-state index is 12.3. The summed E-state index contributed by atoms with van der Waals surface area (Å²) in [5.74, 6) is -0.165. The summed E-state index contributed by atoms with van der Waals surface area (Å²) in [5, 5.41) is 7.85. The third kappa shape index (κ3) is 1.30. The summed E-state index contributed by atoms with van der Waals surface area (Å²) in [5.41, 5.74) is 3.04. The number of fused-ring (bicyclic) bond motifs is 2. The van der Waals surface area contributed by atoms with E-state index in [-0.39, 0.29) is 26.1 Å². The first-order valence-corrected chi connectivity index (χ1v) is 7.08. The zero-order valence-electron chi connectivity index (χ0n) is 9.27. The van der Waals surface area contributed by atoms with Gasteiger partial charge in [-0.15, -0.1) is 0 Å². The average Bonchev–Trinajstić information content (AvgIpc) is 2.78. The summed E-state index contributed by atoms with van der Waals surface area (Å²) >= 11 is 0.112. The second-order valence-electron chi connectivity index (χ2n) is 3.98. The third-order valence-electron chi connectivity index (χ3n) is 2.93. The summed E-state index contributed by atoms with van der Waals surface area (Å²) in [6, 6.07) is 0. The van der Waals surface area contributed by atoms with Crippen molar-refractivity contribution in [3.63, 3.8) is 0 Å². The fourth-order valence-corrected chi connectivity index (χ4v) is 3.78. The molecule has 0 bridgehead atoms. The van der Waals surface area contributed by atoms with E-state index in [2.05, 4.69) is 10.2 Å². The number of carbonyl (C=O) groups excluding carboxylic acids is 2. The molecule has 17 heavy (non-hydrogen) atoms. The normalized spacial score (nSPS) is 13.5. The molecule has 0 fully saturated rings. The van der Waals surface area contributed by atoms with Crippen LogP contribution in [-0.2, 0) is 0 Å². The molecule has 0 amide bonds. The molecular weight excluding hydrogens is 283 g/mol. The number of carbonyl (C=O) groups is 2. The third-order valence-corrected chi connectivity index (χ3v) is 4.49. The van der Waals surface area contributed by atoms with E-state index < -0.39 is 0 Å². The van der Waals surface area contributed by atoms with Crippen molar-refractivity contribution < 1.29 is 9.59 Å². The van der Waals surface area contributed by atoms with Crippen molar-refractivity contribution in [1.29, 1.82) is 0 Å². The van der Waals surface area contributed by atoms with Gasteiger partial charge in [0.25, 0.3) is 0 Å². The molecule has 1 aliphatic carbocycles. The molecule has 2 heterocycles. The molecule has 3 rings (SSSR count). The van der Waals surface area contributed by atoms with E-state index in [9.17, 15) is 9.59 Å². The Morgan fingerprint density at radius 1 is 0.882 bits per heavy atom. The van der Waals surface area contributed by atoms with Crippen LogP contribution in [0.5, 0.6) is 0 Å². The molecule has 4 nitrogen and oxygen atoms in total. The number of aromatic nitrogens is 2. The number of hydrogen-bond donors (Lipinski definition) is 0. The van der Waals surface area contributed by atoms with Crippen LogP contribution < -0.4 is 0 Å². The molecule has 0 unspecified atom stereocenters. The van der Waals surface area contributed by atoms with Crippen LogP contribution in [-0.4, -0.2) is 36.3 Å². The quantitative estimate of drug-likeness (QED) is 0.578. The SMILES string of the molecule is Cc1nnc(C)c2c1C(=O)c1c[se]cc1C2=O. The molecule has 0 atom stereocenters. The van der Waals surface area contributed by atoms with Crippen molar-refractivity contribution in [3.8, 4) is 0 Å². The Hall–Kier alpha value is -1.58. The van der Waals surface area contributed by atoms with Crippen LogP contribution in [0.1, 0.15) is 43.2 Å². The van der Waals surface area contributed by atoms with Gasteiger partial charge >= 0.3 is 103 Å². The van der Waals surface area contributed by atoms with Crippen molar-refractivity contribution in [1.82, 2.24) is 10.2 Å². The Balaban J connectivity index is 2.42. The Morgan fingerprint density at radius 3 is 1.71 bits per heavy atom. The summed E-state index contributed by atoms with van der Waals surface area (Å²) in [4.78, 5) is 28.3. The Bertz CT molecular complexity index is 618. The van der Waals surface area contributed by atoms with Gasteiger partial charge in [0.05, 0.1) is 0 Å². The Kier molecular flexibility index (Phi) is 2.15. The predicted octanol–water partition coefficient (Wildman–Crippen LogP) is 0.926. The average molecular weight is 291 g/mol. The van der Waals surface area contributed by atoms with Crippen molar-refractivity contribution in [3.05, 3.63) is 43.5 Å². The van der Waals surface area contributed by atoms with E-state index in [4.69, 9.17) is 0 Å². The minimum atomic E-state index is -0.0827. The van der Waals surface area contributed by atoms with Crippen LogP contribution in [0.25, 0.3) is 0 Å². The molecular formula is C12H8N2O2Se. The van der Waals surface area contributed by atoms with Gasteiger partial charge in [-0.1, -0.05) is 0 Å². The van der Waals surface area contributed by atoms with E-state index in [1.54, 1.807) is 13.8 Å². The van der Waals surface area contributed by atoms with Crippen molar-refractivity contribution in [2.24, 2.45) is 0 Å². The molecule has 1 aliphatic rings. The van der Waals surface area contributed by atoms with Crippen LogP contribution in [0.15, 0.2) is 9.88 Å². The molecule has 0 saturated heterocycles. The van der Waals surface area contributed by atoms with E-state index in [1.807, 2.05) is 9.88 Å². The number of ketones is 2. The number of hydrogen-bond acceptors (Lipinski definition) is 4. The van der Waals surface area contributed by atoms with Gasteiger partial charge in [-0.2, -0.15) is 0 Å². The second-order valence-corrected chi connectivity index (χ2v) is 5.54.